The van der Waals surface area contributed by atoms with Gasteiger partial charge in [0.05, 0.1) is 23.0 Å². The molecule has 0 saturated heterocycles. The van der Waals surface area contributed by atoms with Crippen molar-refractivity contribution in [3.63, 3.8) is 0 Å². The molecule has 3 nitrogen and oxygen atoms in total. The molecule has 0 radical (unpaired) electrons. The molecule has 0 aliphatic rings. The second-order valence-corrected chi connectivity index (χ2v) is 5.90. The SMILES string of the molecule is CC(C)C(N)c1ncc(-c2ccc(Br)cc2Cl)[nH]1. The molecule has 0 fully saturated rings. The molecule has 3 N–H and O–H groups in total. The molecule has 0 spiro atoms. The fourth-order valence-electron chi connectivity index (χ4n) is 1.67. The summed E-state index contributed by atoms with van der Waals surface area (Å²) in [6.07, 6.45) is 1.77. The van der Waals surface area contributed by atoms with Crippen LogP contribution < -0.4 is 5.73 Å². The van der Waals surface area contributed by atoms with Crippen molar-refractivity contribution in [2.24, 2.45) is 11.7 Å². The van der Waals surface area contributed by atoms with Crippen LogP contribution >= 0.6 is 27.5 Å². The van der Waals surface area contributed by atoms with Gasteiger partial charge in [0.1, 0.15) is 5.82 Å². The smallest absolute Gasteiger partial charge is 0.123 e. The van der Waals surface area contributed by atoms with Crippen LogP contribution in [-0.4, -0.2) is 9.97 Å². The van der Waals surface area contributed by atoms with Gasteiger partial charge < -0.3 is 10.7 Å². The number of hydrogen-bond acceptors (Lipinski definition) is 2. The molecule has 2 aromatic rings. The number of aromatic nitrogens is 2. The van der Waals surface area contributed by atoms with Crippen molar-refractivity contribution >= 4 is 27.5 Å². The maximum Gasteiger partial charge on any atom is 0.123 e. The Morgan fingerprint density at radius 2 is 2.11 bits per heavy atom. The van der Waals surface area contributed by atoms with Gasteiger partial charge in [0, 0.05) is 10.0 Å². The van der Waals surface area contributed by atoms with Gasteiger partial charge in [0.2, 0.25) is 0 Å². The quantitative estimate of drug-likeness (QED) is 0.889. The third kappa shape index (κ3) is 2.76. The summed E-state index contributed by atoms with van der Waals surface area (Å²) in [7, 11) is 0. The van der Waals surface area contributed by atoms with E-state index in [1.165, 1.54) is 0 Å². The third-order valence-electron chi connectivity index (χ3n) is 2.85. The topological polar surface area (TPSA) is 54.7 Å². The summed E-state index contributed by atoms with van der Waals surface area (Å²) >= 11 is 9.59. The minimum Gasteiger partial charge on any atom is -0.341 e. The number of nitrogens with zero attached hydrogens (tertiary/aromatic N) is 1. The van der Waals surface area contributed by atoms with Crippen molar-refractivity contribution < 1.29 is 0 Å². The lowest BCUT2D eigenvalue weighted by Crippen LogP contribution is -2.18. The highest BCUT2D eigenvalue weighted by Gasteiger charge is 2.15. The average molecular weight is 329 g/mol. The highest BCUT2D eigenvalue weighted by atomic mass is 79.9. The van der Waals surface area contributed by atoms with Crippen LogP contribution in [-0.2, 0) is 0 Å². The Morgan fingerprint density at radius 1 is 1.39 bits per heavy atom. The highest BCUT2D eigenvalue weighted by Crippen LogP contribution is 2.30. The van der Waals surface area contributed by atoms with Crippen LogP contribution in [0.25, 0.3) is 11.3 Å². The van der Waals surface area contributed by atoms with Crippen LogP contribution in [0.15, 0.2) is 28.9 Å². The molecule has 2 rings (SSSR count). The van der Waals surface area contributed by atoms with Gasteiger partial charge in [-0.15, -0.1) is 0 Å². The molecule has 0 bridgehead atoms. The molecule has 0 aliphatic carbocycles. The number of hydrogen-bond donors (Lipinski definition) is 2. The van der Waals surface area contributed by atoms with E-state index in [0.717, 1.165) is 21.6 Å². The Hall–Kier alpha value is -0.840. The van der Waals surface area contributed by atoms with E-state index in [0.29, 0.717) is 10.9 Å². The molecule has 18 heavy (non-hydrogen) atoms. The molecule has 0 saturated carbocycles. The van der Waals surface area contributed by atoms with Crippen LogP contribution in [0.5, 0.6) is 0 Å². The molecular weight excluding hydrogens is 314 g/mol. The first-order valence-electron chi connectivity index (χ1n) is 5.75. The number of halogens is 2. The lowest BCUT2D eigenvalue weighted by molar-refractivity contribution is 0.494. The second-order valence-electron chi connectivity index (χ2n) is 4.58. The maximum atomic E-state index is 6.21. The van der Waals surface area contributed by atoms with E-state index in [-0.39, 0.29) is 6.04 Å². The highest BCUT2D eigenvalue weighted by molar-refractivity contribution is 9.10. The first-order valence-corrected chi connectivity index (χ1v) is 6.92. The lowest BCUT2D eigenvalue weighted by Gasteiger charge is -2.12. The molecule has 1 aromatic carbocycles. The van der Waals surface area contributed by atoms with E-state index in [4.69, 9.17) is 17.3 Å². The van der Waals surface area contributed by atoms with E-state index in [2.05, 4.69) is 39.7 Å². The van der Waals surface area contributed by atoms with Crippen LogP contribution in [0.3, 0.4) is 0 Å². The Bertz CT molecular complexity index is 551. The van der Waals surface area contributed by atoms with Crippen LogP contribution in [0.4, 0.5) is 0 Å². The number of benzene rings is 1. The third-order valence-corrected chi connectivity index (χ3v) is 3.66. The van der Waals surface area contributed by atoms with Gasteiger partial charge >= 0.3 is 0 Å². The molecular formula is C13H15BrClN3. The van der Waals surface area contributed by atoms with Crippen LogP contribution in [0.2, 0.25) is 5.02 Å². The summed E-state index contributed by atoms with van der Waals surface area (Å²) < 4.78 is 0.954. The number of aromatic amines is 1. The van der Waals surface area contributed by atoms with Gasteiger partial charge in [-0.25, -0.2) is 4.98 Å². The number of H-pyrrole nitrogens is 1. The van der Waals surface area contributed by atoms with Crippen molar-refractivity contribution in [1.29, 1.82) is 0 Å². The van der Waals surface area contributed by atoms with Gasteiger partial charge in [0.25, 0.3) is 0 Å². The molecule has 1 aromatic heterocycles. The summed E-state index contributed by atoms with van der Waals surface area (Å²) in [6.45, 7) is 4.14. The molecule has 96 valence electrons. The summed E-state index contributed by atoms with van der Waals surface area (Å²) in [5, 5.41) is 0.678. The van der Waals surface area contributed by atoms with E-state index in [1.807, 2.05) is 18.2 Å². The van der Waals surface area contributed by atoms with Crippen molar-refractivity contribution in [3.8, 4) is 11.3 Å². The zero-order valence-electron chi connectivity index (χ0n) is 10.2. The molecule has 1 heterocycles. The first kappa shape index (κ1) is 13.6. The van der Waals surface area contributed by atoms with Crippen molar-refractivity contribution in [3.05, 3.63) is 39.7 Å². The van der Waals surface area contributed by atoms with Gasteiger partial charge in [-0.05, 0) is 18.1 Å². The number of nitrogens with two attached hydrogens (primary N) is 1. The van der Waals surface area contributed by atoms with Crippen molar-refractivity contribution in [1.82, 2.24) is 9.97 Å². The predicted octanol–water partition coefficient (Wildman–Crippen LogP) is 4.15. The first-order chi connectivity index (χ1) is 8.49. The van der Waals surface area contributed by atoms with Gasteiger partial charge in [-0.3, -0.25) is 0 Å². The minimum absolute atomic E-state index is 0.0898. The summed E-state index contributed by atoms with van der Waals surface area (Å²) in [5.74, 6) is 1.13. The van der Waals surface area contributed by atoms with Gasteiger partial charge in [-0.1, -0.05) is 47.4 Å². The Balaban J connectivity index is 2.35. The largest absolute Gasteiger partial charge is 0.341 e. The Kier molecular flexibility index (Phi) is 4.10. The van der Waals surface area contributed by atoms with Crippen molar-refractivity contribution in [2.75, 3.05) is 0 Å². The minimum atomic E-state index is -0.0898. The molecule has 0 amide bonds. The standard InChI is InChI=1S/C13H15BrClN3/c1-7(2)12(16)13-17-6-11(18-13)9-4-3-8(14)5-10(9)15/h3-7,12H,16H2,1-2H3,(H,17,18). The Morgan fingerprint density at radius 3 is 2.72 bits per heavy atom. The summed E-state index contributed by atoms with van der Waals surface area (Å²) in [5.41, 5.74) is 7.87. The van der Waals surface area contributed by atoms with Crippen LogP contribution in [0, 0.1) is 5.92 Å². The number of imidazole rings is 1. The van der Waals surface area contributed by atoms with E-state index in [9.17, 15) is 0 Å². The zero-order valence-corrected chi connectivity index (χ0v) is 12.6. The van der Waals surface area contributed by atoms with Crippen LogP contribution in [0.1, 0.15) is 25.7 Å². The number of nitrogens with one attached hydrogen (secondary N) is 1. The van der Waals surface area contributed by atoms with Gasteiger partial charge in [0.15, 0.2) is 0 Å². The summed E-state index contributed by atoms with van der Waals surface area (Å²) in [6, 6.07) is 5.67. The fourth-order valence-corrected chi connectivity index (χ4v) is 2.44. The number of rotatable bonds is 3. The fraction of sp³-hybridized carbons (Fsp3) is 0.308. The molecule has 0 aliphatic heterocycles. The predicted molar refractivity (Wildman–Crippen MR) is 78.5 cm³/mol. The summed E-state index contributed by atoms with van der Waals surface area (Å²) in [4.78, 5) is 7.56. The Labute approximate surface area is 120 Å². The monoisotopic (exact) mass is 327 g/mol. The molecule has 5 heteroatoms. The van der Waals surface area contributed by atoms with Crippen molar-refractivity contribution in [2.45, 2.75) is 19.9 Å². The zero-order chi connectivity index (χ0) is 13.3. The molecule has 1 unspecified atom stereocenters. The maximum absolute atomic E-state index is 6.21. The molecule has 1 atom stereocenters. The van der Waals surface area contributed by atoms with Gasteiger partial charge in [-0.2, -0.15) is 0 Å². The van der Waals surface area contributed by atoms with E-state index >= 15 is 0 Å². The normalized spacial score (nSPS) is 13.0. The lowest BCUT2D eigenvalue weighted by atomic mass is 10.1. The average Bonchev–Trinajstić information content (AvgIpc) is 2.77. The van der Waals surface area contributed by atoms with E-state index in [1.54, 1.807) is 6.20 Å². The second kappa shape index (κ2) is 5.43. The van der Waals surface area contributed by atoms with E-state index < -0.39 is 0 Å².